The van der Waals surface area contributed by atoms with E-state index in [0.717, 1.165) is 6.26 Å². The summed E-state index contributed by atoms with van der Waals surface area (Å²) in [5.74, 6) is -0.524. The molecule has 0 radical (unpaired) electrons. The maximum absolute atomic E-state index is 13.5. The number of sulfonamides is 1. The maximum atomic E-state index is 13.5. The molecule has 3 heterocycles. The molecule has 2 aromatic carbocycles. The van der Waals surface area contributed by atoms with Crippen molar-refractivity contribution in [3.63, 3.8) is 0 Å². The number of carbonyl (C=O) groups is 1. The number of carbonyl (C=O) groups excluding carboxylic acids is 1. The molecule has 33 heavy (non-hydrogen) atoms. The van der Waals surface area contributed by atoms with E-state index >= 15 is 0 Å². The molecule has 4 aromatic rings. The molecule has 1 amide bonds. The highest BCUT2D eigenvalue weighted by Gasteiger charge is 2.32. The van der Waals surface area contributed by atoms with Crippen LogP contribution in [-0.4, -0.2) is 42.6 Å². The van der Waals surface area contributed by atoms with Crippen LogP contribution < -0.4 is 9.62 Å². The molecular formula is C22H20FN5O4S. The molecule has 5 rings (SSSR count). The molecule has 0 fully saturated rings. The van der Waals surface area contributed by atoms with E-state index in [1.165, 1.54) is 41.8 Å². The van der Waals surface area contributed by atoms with Crippen LogP contribution in [0.2, 0.25) is 0 Å². The zero-order valence-electron chi connectivity index (χ0n) is 18.0. The Morgan fingerprint density at radius 2 is 1.97 bits per heavy atom. The minimum Gasteiger partial charge on any atom is -0.455 e. The number of hydrogen-bond donors (Lipinski definition) is 1. The number of halogens is 1. The number of amides is 1. The predicted molar refractivity (Wildman–Crippen MR) is 120 cm³/mol. The summed E-state index contributed by atoms with van der Waals surface area (Å²) in [6.07, 6.45) is 2.67. The Labute approximate surface area is 188 Å². The average molecular weight is 469 g/mol. The lowest BCUT2D eigenvalue weighted by Crippen LogP contribution is -2.29. The first-order valence-corrected chi connectivity index (χ1v) is 12.0. The first-order valence-electron chi connectivity index (χ1n) is 10.1. The molecule has 0 aliphatic carbocycles. The van der Waals surface area contributed by atoms with Gasteiger partial charge in [0.15, 0.2) is 0 Å². The maximum Gasteiger partial charge on any atom is 0.255 e. The largest absolute Gasteiger partial charge is 0.455 e. The van der Waals surface area contributed by atoms with Crippen molar-refractivity contribution in [2.24, 2.45) is 0 Å². The highest BCUT2D eigenvalue weighted by molar-refractivity contribution is 7.92. The SMILES string of the molecule is CNC(=O)c1c(-c2ccc(F)cc2)oc2cc3c(cc12)C(C)n1nncc1CN3S(C)(=O)=O. The molecule has 11 heteroatoms. The number of nitrogens with one attached hydrogen (secondary N) is 1. The van der Waals surface area contributed by atoms with Crippen LogP contribution in [0.4, 0.5) is 10.1 Å². The van der Waals surface area contributed by atoms with Crippen LogP contribution in [0.1, 0.15) is 34.6 Å². The molecule has 9 nitrogen and oxygen atoms in total. The van der Waals surface area contributed by atoms with Crippen molar-refractivity contribution >= 4 is 32.6 Å². The van der Waals surface area contributed by atoms with Crippen LogP contribution in [0.5, 0.6) is 0 Å². The number of nitrogens with zero attached hydrogens (tertiary/aromatic N) is 4. The third kappa shape index (κ3) is 3.35. The van der Waals surface area contributed by atoms with E-state index in [1.807, 2.05) is 6.92 Å². The molecule has 0 saturated heterocycles. The Morgan fingerprint density at radius 3 is 2.64 bits per heavy atom. The Hall–Kier alpha value is -3.73. The van der Waals surface area contributed by atoms with Gasteiger partial charge in [0.25, 0.3) is 5.91 Å². The Bertz CT molecular complexity index is 1510. The van der Waals surface area contributed by atoms with Gasteiger partial charge in [0.1, 0.15) is 17.2 Å². The van der Waals surface area contributed by atoms with Gasteiger partial charge in [-0.2, -0.15) is 0 Å². The normalized spacial score (nSPS) is 15.8. The quantitative estimate of drug-likeness (QED) is 0.494. The van der Waals surface area contributed by atoms with Gasteiger partial charge in [-0.3, -0.25) is 9.10 Å². The zero-order valence-corrected chi connectivity index (χ0v) is 18.9. The van der Waals surface area contributed by atoms with Gasteiger partial charge in [-0.1, -0.05) is 5.21 Å². The summed E-state index contributed by atoms with van der Waals surface area (Å²) in [6.45, 7) is 1.94. The lowest BCUT2D eigenvalue weighted by Gasteiger charge is -2.22. The van der Waals surface area contributed by atoms with E-state index in [4.69, 9.17) is 4.42 Å². The molecule has 1 aliphatic heterocycles. The number of hydrogen-bond acceptors (Lipinski definition) is 6. The smallest absolute Gasteiger partial charge is 0.255 e. The molecule has 0 bridgehead atoms. The zero-order chi connectivity index (χ0) is 23.5. The molecule has 0 spiro atoms. The summed E-state index contributed by atoms with van der Waals surface area (Å²) < 4.78 is 47.9. The fraction of sp³-hybridized carbons (Fsp3) is 0.227. The topological polar surface area (TPSA) is 110 Å². The molecule has 1 unspecified atom stereocenters. The van der Waals surface area contributed by atoms with Crippen molar-refractivity contribution in [3.8, 4) is 11.3 Å². The minimum absolute atomic E-state index is 0.0580. The Balaban J connectivity index is 1.83. The van der Waals surface area contributed by atoms with Crippen LogP contribution in [0.3, 0.4) is 0 Å². The predicted octanol–water partition coefficient (Wildman–Crippen LogP) is 3.08. The molecule has 0 saturated carbocycles. The van der Waals surface area contributed by atoms with Crippen molar-refractivity contribution in [2.45, 2.75) is 19.5 Å². The molecular weight excluding hydrogens is 449 g/mol. The van der Waals surface area contributed by atoms with Crippen LogP contribution in [0.25, 0.3) is 22.3 Å². The lowest BCUT2D eigenvalue weighted by molar-refractivity contribution is 0.0964. The fourth-order valence-corrected chi connectivity index (χ4v) is 5.10. The highest BCUT2D eigenvalue weighted by atomic mass is 32.2. The number of furan rings is 1. The second kappa shape index (κ2) is 7.41. The third-order valence-electron chi connectivity index (χ3n) is 5.84. The molecule has 1 atom stereocenters. The molecule has 1 N–H and O–H groups in total. The average Bonchev–Trinajstić information content (AvgIpc) is 3.37. The summed E-state index contributed by atoms with van der Waals surface area (Å²) in [6, 6.07) is 8.65. The number of rotatable bonds is 3. The van der Waals surface area contributed by atoms with Gasteiger partial charge < -0.3 is 9.73 Å². The summed E-state index contributed by atoms with van der Waals surface area (Å²) >= 11 is 0. The second-order valence-electron chi connectivity index (χ2n) is 7.91. The number of aromatic nitrogens is 3. The third-order valence-corrected chi connectivity index (χ3v) is 6.96. The van der Waals surface area contributed by atoms with E-state index in [1.54, 1.807) is 16.8 Å². The fourth-order valence-electron chi connectivity index (χ4n) is 4.22. The van der Waals surface area contributed by atoms with Crippen molar-refractivity contribution in [3.05, 3.63) is 65.2 Å². The van der Waals surface area contributed by atoms with Gasteiger partial charge in [-0.05, 0) is 37.3 Å². The Morgan fingerprint density at radius 1 is 1.24 bits per heavy atom. The van der Waals surface area contributed by atoms with Crippen LogP contribution in [0, 0.1) is 5.82 Å². The first-order chi connectivity index (χ1) is 15.7. The first kappa shape index (κ1) is 21.1. The summed E-state index contributed by atoms with van der Waals surface area (Å²) in [7, 11) is -2.15. The number of fused-ring (bicyclic) bond motifs is 3. The van der Waals surface area contributed by atoms with Gasteiger partial charge in [0.2, 0.25) is 10.0 Å². The molecule has 170 valence electrons. The Kier molecular flexibility index (Phi) is 4.74. The summed E-state index contributed by atoms with van der Waals surface area (Å²) in [5, 5.41) is 11.2. The molecule has 2 aromatic heterocycles. The van der Waals surface area contributed by atoms with E-state index < -0.39 is 15.8 Å². The van der Waals surface area contributed by atoms with Crippen molar-refractivity contribution in [2.75, 3.05) is 17.6 Å². The summed E-state index contributed by atoms with van der Waals surface area (Å²) in [4.78, 5) is 12.9. The molecule has 1 aliphatic rings. The van der Waals surface area contributed by atoms with Crippen LogP contribution >= 0.6 is 0 Å². The lowest BCUT2D eigenvalue weighted by atomic mass is 9.99. The monoisotopic (exact) mass is 469 g/mol. The number of anilines is 1. The van der Waals surface area contributed by atoms with E-state index in [0.29, 0.717) is 33.5 Å². The number of benzene rings is 2. The van der Waals surface area contributed by atoms with Crippen LogP contribution in [-0.2, 0) is 16.6 Å². The highest BCUT2D eigenvalue weighted by Crippen LogP contribution is 2.42. The van der Waals surface area contributed by atoms with Gasteiger partial charge >= 0.3 is 0 Å². The van der Waals surface area contributed by atoms with Gasteiger partial charge in [-0.15, -0.1) is 5.10 Å². The van der Waals surface area contributed by atoms with Crippen molar-refractivity contribution in [1.82, 2.24) is 20.3 Å². The van der Waals surface area contributed by atoms with E-state index in [9.17, 15) is 17.6 Å². The second-order valence-corrected chi connectivity index (χ2v) is 9.82. The van der Waals surface area contributed by atoms with Gasteiger partial charge in [-0.25, -0.2) is 17.5 Å². The van der Waals surface area contributed by atoms with Gasteiger partial charge in [0, 0.05) is 29.6 Å². The van der Waals surface area contributed by atoms with Crippen molar-refractivity contribution in [1.29, 1.82) is 0 Å². The van der Waals surface area contributed by atoms with Gasteiger partial charge in [0.05, 0.1) is 42.0 Å². The minimum atomic E-state index is -3.65. The summed E-state index contributed by atoms with van der Waals surface area (Å²) in [5.41, 5.74) is 2.86. The van der Waals surface area contributed by atoms with Crippen LogP contribution in [0.15, 0.2) is 47.0 Å². The standard InChI is InChI=1S/C22H20FN5O4S/c1-12-16-8-17-19(9-18(16)27(33(3,30)31)11-15-10-25-26-28(12)15)32-21(20(17)22(29)24-2)13-4-6-14(23)7-5-13/h4-10,12H,11H2,1-3H3,(H,24,29). The van der Waals surface area contributed by atoms with Crippen molar-refractivity contribution < 1.29 is 22.0 Å². The van der Waals surface area contributed by atoms with E-state index in [2.05, 4.69) is 15.6 Å². The van der Waals surface area contributed by atoms with E-state index in [-0.39, 0.29) is 29.8 Å².